The van der Waals surface area contributed by atoms with E-state index in [4.69, 9.17) is 10.5 Å². The zero-order valence-electron chi connectivity index (χ0n) is 9.97. The predicted octanol–water partition coefficient (Wildman–Crippen LogP) is 0.574. The molecule has 2 rings (SSSR count). The van der Waals surface area contributed by atoms with E-state index in [1.165, 1.54) is 0 Å². The zero-order chi connectivity index (χ0) is 11.5. The molecule has 1 aliphatic heterocycles. The van der Waals surface area contributed by atoms with Crippen molar-refractivity contribution in [3.63, 3.8) is 0 Å². The van der Waals surface area contributed by atoms with E-state index in [1.54, 1.807) is 6.20 Å². The molecular formula is C11H20N4O. The Morgan fingerprint density at radius 3 is 2.62 bits per heavy atom. The zero-order valence-corrected chi connectivity index (χ0v) is 9.97. The third kappa shape index (κ3) is 2.96. The maximum Gasteiger partial charge on any atom is 0.0719 e. The lowest BCUT2D eigenvalue weighted by atomic mass is 10.2. The Labute approximate surface area is 96.2 Å². The number of ether oxygens (including phenoxy) is 1. The van der Waals surface area contributed by atoms with Gasteiger partial charge >= 0.3 is 0 Å². The Kier molecular flexibility index (Phi) is 3.46. The van der Waals surface area contributed by atoms with Crippen LogP contribution in [-0.2, 0) is 11.3 Å². The molecule has 0 spiro atoms. The van der Waals surface area contributed by atoms with Crippen molar-refractivity contribution in [2.45, 2.75) is 32.6 Å². The minimum absolute atomic E-state index is 0.325. The number of anilines is 1. The maximum absolute atomic E-state index is 5.69. The van der Waals surface area contributed by atoms with Crippen molar-refractivity contribution in [1.29, 1.82) is 0 Å². The normalized spacial score (nSPS) is 27.1. The number of hydrogen-bond acceptors (Lipinski definition) is 4. The minimum Gasteiger partial charge on any atom is -0.396 e. The fourth-order valence-corrected chi connectivity index (χ4v) is 2.21. The Bertz CT molecular complexity index is 328. The van der Waals surface area contributed by atoms with E-state index >= 15 is 0 Å². The van der Waals surface area contributed by atoms with Gasteiger partial charge in [0.15, 0.2) is 0 Å². The van der Waals surface area contributed by atoms with Crippen LogP contribution in [-0.4, -0.2) is 46.5 Å². The summed E-state index contributed by atoms with van der Waals surface area (Å²) in [5.74, 6) is 0. The van der Waals surface area contributed by atoms with Gasteiger partial charge in [-0.05, 0) is 13.8 Å². The van der Waals surface area contributed by atoms with Crippen LogP contribution < -0.4 is 5.73 Å². The summed E-state index contributed by atoms with van der Waals surface area (Å²) in [6, 6.07) is 0. The van der Waals surface area contributed by atoms with Gasteiger partial charge in [-0.2, -0.15) is 5.10 Å². The summed E-state index contributed by atoms with van der Waals surface area (Å²) in [6.45, 7) is 8.13. The second-order valence-corrected chi connectivity index (χ2v) is 4.55. The van der Waals surface area contributed by atoms with Gasteiger partial charge in [0.2, 0.25) is 0 Å². The van der Waals surface area contributed by atoms with E-state index in [0.29, 0.717) is 12.2 Å². The summed E-state index contributed by atoms with van der Waals surface area (Å²) in [4.78, 5) is 2.41. The van der Waals surface area contributed by atoms with Gasteiger partial charge in [0.1, 0.15) is 0 Å². The smallest absolute Gasteiger partial charge is 0.0719 e. The van der Waals surface area contributed by atoms with Crippen LogP contribution in [0.5, 0.6) is 0 Å². The molecule has 2 heterocycles. The van der Waals surface area contributed by atoms with Crippen LogP contribution >= 0.6 is 0 Å². The van der Waals surface area contributed by atoms with Gasteiger partial charge in [-0.1, -0.05) is 0 Å². The van der Waals surface area contributed by atoms with Gasteiger partial charge in [-0.15, -0.1) is 0 Å². The van der Waals surface area contributed by atoms with Crippen LogP contribution in [0, 0.1) is 0 Å². The average Bonchev–Trinajstić information content (AvgIpc) is 2.60. The summed E-state index contributed by atoms with van der Waals surface area (Å²) in [6.07, 6.45) is 4.20. The van der Waals surface area contributed by atoms with E-state index in [0.717, 1.165) is 31.9 Å². The number of aromatic nitrogens is 2. The number of morpholine rings is 1. The Morgan fingerprint density at radius 2 is 2.06 bits per heavy atom. The largest absolute Gasteiger partial charge is 0.396 e. The Morgan fingerprint density at radius 1 is 1.38 bits per heavy atom. The molecule has 0 amide bonds. The molecule has 1 aromatic heterocycles. The lowest BCUT2D eigenvalue weighted by Crippen LogP contribution is -2.46. The topological polar surface area (TPSA) is 56.3 Å². The van der Waals surface area contributed by atoms with Crippen LogP contribution in [0.3, 0.4) is 0 Å². The van der Waals surface area contributed by atoms with Gasteiger partial charge in [0.25, 0.3) is 0 Å². The molecule has 5 heteroatoms. The number of nitrogen functional groups attached to an aromatic ring is 1. The van der Waals surface area contributed by atoms with Gasteiger partial charge in [0.05, 0.1) is 30.6 Å². The Balaban J connectivity index is 1.81. The third-order valence-electron chi connectivity index (χ3n) is 2.79. The van der Waals surface area contributed by atoms with Gasteiger partial charge in [-0.25, -0.2) is 0 Å². The van der Waals surface area contributed by atoms with Gasteiger partial charge in [-0.3, -0.25) is 9.58 Å². The van der Waals surface area contributed by atoms with Crippen molar-refractivity contribution >= 4 is 5.69 Å². The summed E-state index contributed by atoms with van der Waals surface area (Å²) >= 11 is 0. The van der Waals surface area contributed by atoms with Crippen LogP contribution in [0.4, 0.5) is 5.69 Å². The fourth-order valence-electron chi connectivity index (χ4n) is 2.21. The molecule has 0 radical (unpaired) electrons. The highest BCUT2D eigenvalue weighted by Crippen LogP contribution is 2.10. The van der Waals surface area contributed by atoms with Crippen LogP contribution in [0.15, 0.2) is 12.4 Å². The lowest BCUT2D eigenvalue weighted by Gasteiger charge is -2.35. The second-order valence-electron chi connectivity index (χ2n) is 4.55. The van der Waals surface area contributed by atoms with E-state index in [1.807, 2.05) is 10.9 Å². The number of hydrogen-bond donors (Lipinski definition) is 1. The highest BCUT2D eigenvalue weighted by molar-refractivity contribution is 5.30. The first-order valence-electron chi connectivity index (χ1n) is 5.79. The van der Waals surface area contributed by atoms with Crippen molar-refractivity contribution in [2.24, 2.45) is 0 Å². The molecule has 2 unspecified atom stereocenters. The average molecular weight is 224 g/mol. The summed E-state index contributed by atoms with van der Waals surface area (Å²) in [7, 11) is 0. The summed E-state index contributed by atoms with van der Waals surface area (Å²) in [5.41, 5.74) is 6.34. The first-order chi connectivity index (χ1) is 7.63. The summed E-state index contributed by atoms with van der Waals surface area (Å²) < 4.78 is 7.58. The van der Waals surface area contributed by atoms with Crippen LogP contribution in [0.25, 0.3) is 0 Å². The molecule has 0 saturated carbocycles. The summed E-state index contributed by atoms with van der Waals surface area (Å²) in [5, 5.41) is 4.17. The molecule has 0 bridgehead atoms. The van der Waals surface area contributed by atoms with Gasteiger partial charge in [0, 0.05) is 25.8 Å². The predicted molar refractivity (Wildman–Crippen MR) is 63.1 cm³/mol. The van der Waals surface area contributed by atoms with E-state index in [-0.39, 0.29) is 0 Å². The highest BCUT2D eigenvalue weighted by Gasteiger charge is 2.21. The fraction of sp³-hybridized carbons (Fsp3) is 0.727. The lowest BCUT2D eigenvalue weighted by molar-refractivity contribution is -0.0687. The molecule has 2 N–H and O–H groups in total. The molecule has 16 heavy (non-hydrogen) atoms. The van der Waals surface area contributed by atoms with E-state index in [9.17, 15) is 0 Å². The van der Waals surface area contributed by atoms with Gasteiger partial charge < -0.3 is 10.5 Å². The highest BCUT2D eigenvalue weighted by atomic mass is 16.5. The molecule has 1 aromatic rings. The van der Waals surface area contributed by atoms with Crippen molar-refractivity contribution in [1.82, 2.24) is 14.7 Å². The quantitative estimate of drug-likeness (QED) is 0.815. The van der Waals surface area contributed by atoms with Crippen molar-refractivity contribution in [3.8, 4) is 0 Å². The molecule has 0 aromatic carbocycles. The monoisotopic (exact) mass is 224 g/mol. The van der Waals surface area contributed by atoms with E-state index in [2.05, 4.69) is 23.8 Å². The first-order valence-corrected chi connectivity index (χ1v) is 5.79. The van der Waals surface area contributed by atoms with Crippen molar-refractivity contribution < 1.29 is 4.74 Å². The van der Waals surface area contributed by atoms with E-state index < -0.39 is 0 Å². The Hall–Kier alpha value is -1.07. The molecule has 2 atom stereocenters. The standard InChI is InChI=1S/C11H20N4O/c1-9-6-14(7-10(2)16-9)3-4-15-8-11(12)5-13-15/h5,8-10H,3-4,6-7,12H2,1-2H3. The van der Waals surface area contributed by atoms with Crippen molar-refractivity contribution in [2.75, 3.05) is 25.4 Å². The number of rotatable bonds is 3. The van der Waals surface area contributed by atoms with Crippen molar-refractivity contribution in [3.05, 3.63) is 12.4 Å². The maximum atomic E-state index is 5.69. The molecule has 90 valence electrons. The molecular weight excluding hydrogens is 204 g/mol. The molecule has 0 aliphatic carbocycles. The molecule has 1 saturated heterocycles. The number of nitrogens with two attached hydrogens (primary N) is 1. The first kappa shape index (κ1) is 11.4. The minimum atomic E-state index is 0.325. The van der Waals surface area contributed by atoms with Crippen LogP contribution in [0.1, 0.15) is 13.8 Å². The molecule has 5 nitrogen and oxygen atoms in total. The molecule has 1 aliphatic rings. The number of nitrogens with zero attached hydrogens (tertiary/aromatic N) is 3. The SMILES string of the molecule is CC1CN(CCn2cc(N)cn2)CC(C)O1. The molecule has 1 fully saturated rings. The van der Waals surface area contributed by atoms with Crippen LogP contribution in [0.2, 0.25) is 0 Å². The second kappa shape index (κ2) is 4.84. The third-order valence-corrected chi connectivity index (χ3v) is 2.79.